The molecule has 0 aromatic heterocycles. The quantitative estimate of drug-likeness (QED) is 0.342. The fourth-order valence-corrected chi connectivity index (χ4v) is 4.12. The molecule has 0 spiro atoms. The molecule has 0 bridgehead atoms. The van der Waals surface area contributed by atoms with E-state index in [1.165, 1.54) is 0 Å². The minimum Gasteiger partial charge on any atom is -0.462 e. The second-order valence-corrected chi connectivity index (χ2v) is 8.83. The molecule has 1 aliphatic carbocycles. The molecule has 5 atom stereocenters. The fourth-order valence-electron chi connectivity index (χ4n) is 4.12. The highest BCUT2D eigenvalue weighted by molar-refractivity contribution is 5.90. The second-order valence-electron chi connectivity index (χ2n) is 8.83. The van der Waals surface area contributed by atoms with Gasteiger partial charge in [-0.25, -0.2) is 4.79 Å². The lowest BCUT2D eigenvalue weighted by Crippen LogP contribution is -2.42. The van der Waals surface area contributed by atoms with E-state index in [0.717, 1.165) is 5.57 Å². The number of cyclic esters (lactones) is 1. The first-order valence-electron chi connectivity index (χ1n) is 9.31. The van der Waals surface area contributed by atoms with Crippen molar-refractivity contribution in [2.24, 2.45) is 11.8 Å². The highest BCUT2D eigenvalue weighted by Gasteiger charge is 2.63. The summed E-state index contributed by atoms with van der Waals surface area (Å²) in [7, 11) is 0. The normalized spacial score (nSPS) is 42.5. The molecule has 3 aliphatic rings. The molecule has 0 aromatic rings. The number of fused-ring (bicyclic) bond motifs is 2. The second kappa shape index (κ2) is 6.32. The molecule has 3 fully saturated rings. The highest BCUT2D eigenvalue weighted by Crippen LogP contribution is 2.53. The third-order valence-corrected chi connectivity index (χ3v) is 6.22. The largest absolute Gasteiger partial charge is 0.462 e. The van der Waals surface area contributed by atoms with Crippen LogP contribution in [-0.2, 0) is 14.3 Å². The van der Waals surface area contributed by atoms with E-state index in [2.05, 4.69) is 6.58 Å². The summed E-state index contributed by atoms with van der Waals surface area (Å²) < 4.78 is 11.2. The zero-order valence-corrected chi connectivity index (χ0v) is 16.1. The van der Waals surface area contributed by atoms with Crippen molar-refractivity contribution >= 4 is 5.97 Å². The van der Waals surface area contributed by atoms with E-state index in [4.69, 9.17) is 9.47 Å². The van der Waals surface area contributed by atoms with E-state index in [0.29, 0.717) is 31.4 Å². The lowest BCUT2D eigenvalue weighted by atomic mass is 9.75. The molecule has 1 saturated carbocycles. The summed E-state index contributed by atoms with van der Waals surface area (Å²) >= 11 is 0. The van der Waals surface area contributed by atoms with Gasteiger partial charge in [0.25, 0.3) is 0 Å². The topological polar surface area (TPSA) is 79.3 Å². The third kappa shape index (κ3) is 3.53. The number of rotatable bonds is 2. The van der Waals surface area contributed by atoms with Crippen LogP contribution in [0.25, 0.3) is 0 Å². The van der Waals surface area contributed by atoms with Gasteiger partial charge in [-0.05, 0) is 47.0 Å². The Kier molecular flexibility index (Phi) is 4.70. The van der Waals surface area contributed by atoms with Crippen LogP contribution in [0.4, 0.5) is 0 Å². The lowest BCUT2D eigenvalue weighted by molar-refractivity contribution is -0.145. The van der Waals surface area contributed by atoms with Crippen LogP contribution in [0.15, 0.2) is 36.0 Å². The third-order valence-electron chi connectivity index (χ3n) is 6.22. The molecule has 2 saturated heterocycles. The average Bonchev–Trinajstić information content (AvgIpc) is 3.17. The van der Waals surface area contributed by atoms with Crippen molar-refractivity contribution < 1.29 is 24.5 Å². The van der Waals surface area contributed by atoms with Gasteiger partial charge in [0, 0.05) is 17.4 Å². The molecule has 2 heterocycles. The summed E-state index contributed by atoms with van der Waals surface area (Å²) in [6.07, 6.45) is 6.89. The number of carbonyl (C=O) groups is 1. The maximum atomic E-state index is 12.4. The monoisotopic (exact) mass is 362 g/mol. The zero-order chi connectivity index (χ0) is 19.3. The van der Waals surface area contributed by atoms with Crippen LogP contribution in [0.2, 0.25) is 0 Å². The molecule has 3 rings (SSSR count). The number of carbonyl (C=O) groups excluding carboxylic acids is 1. The molecule has 5 nitrogen and oxygen atoms in total. The van der Waals surface area contributed by atoms with Crippen LogP contribution in [0.1, 0.15) is 47.0 Å². The Morgan fingerprint density at radius 3 is 2.65 bits per heavy atom. The van der Waals surface area contributed by atoms with Gasteiger partial charge in [-0.15, -0.1) is 0 Å². The molecular formula is C21H30O5. The van der Waals surface area contributed by atoms with Crippen molar-refractivity contribution in [1.82, 2.24) is 0 Å². The molecular weight excluding hydrogens is 332 g/mol. The van der Waals surface area contributed by atoms with Crippen molar-refractivity contribution in [3.63, 3.8) is 0 Å². The SMILES string of the molecule is C=C1C[C@H]2O[C@@]2(C)[C@@](C)(O)CC[C@@H]2/C(=C\C=C\C(C)(C)O)C(=O)OC[C@@H]12. The van der Waals surface area contributed by atoms with Crippen LogP contribution >= 0.6 is 0 Å². The summed E-state index contributed by atoms with van der Waals surface area (Å²) in [5.74, 6) is -0.356. The molecule has 0 amide bonds. The maximum Gasteiger partial charge on any atom is 0.334 e. The van der Waals surface area contributed by atoms with Crippen LogP contribution in [-0.4, -0.2) is 45.7 Å². The molecule has 0 radical (unpaired) electrons. The first kappa shape index (κ1) is 19.3. The standard InChI is InChI=1S/C21H30O5/c1-13-11-17-21(5,26-17)20(4,24)10-8-14-15(7-6-9-19(2,3)23)18(22)25-12-16(13)14/h6-7,9,14,16-17,23-24H,1,8,10-12H2,2-5H3/b9-6+,15-7+/t14-,16+,17-,20+,21-/m1/s1. The first-order chi connectivity index (χ1) is 11.9. The number of epoxide rings is 1. The van der Waals surface area contributed by atoms with Crippen molar-refractivity contribution in [1.29, 1.82) is 0 Å². The molecule has 0 aromatic carbocycles. The molecule has 26 heavy (non-hydrogen) atoms. The molecule has 2 N–H and O–H groups in total. The summed E-state index contributed by atoms with van der Waals surface area (Å²) in [6.45, 7) is 11.7. The number of ether oxygens (including phenoxy) is 2. The minimum absolute atomic E-state index is 0.0248. The van der Waals surface area contributed by atoms with Crippen molar-refractivity contribution in [2.45, 2.75) is 69.9 Å². The first-order valence-corrected chi connectivity index (χ1v) is 9.31. The summed E-state index contributed by atoms with van der Waals surface area (Å²) in [6, 6.07) is 0. The van der Waals surface area contributed by atoms with Gasteiger partial charge in [-0.1, -0.05) is 30.4 Å². The number of allylic oxidation sites excluding steroid dienone is 2. The van der Waals surface area contributed by atoms with Gasteiger partial charge in [0.1, 0.15) is 5.60 Å². The van der Waals surface area contributed by atoms with Crippen molar-refractivity contribution in [3.8, 4) is 0 Å². The number of hydrogen-bond acceptors (Lipinski definition) is 5. The number of esters is 1. The Hall–Kier alpha value is -1.43. The Morgan fingerprint density at radius 2 is 2.00 bits per heavy atom. The van der Waals surface area contributed by atoms with Crippen LogP contribution in [0.3, 0.4) is 0 Å². The predicted molar refractivity (Wildman–Crippen MR) is 98.4 cm³/mol. The highest BCUT2D eigenvalue weighted by atomic mass is 16.6. The summed E-state index contributed by atoms with van der Waals surface area (Å²) in [4.78, 5) is 12.4. The average molecular weight is 362 g/mol. The number of aliphatic hydroxyl groups is 2. The Balaban J connectivity index is 1.91. The van der Waals surface area contributed by atoms with Crippen LogP contribution < -0.4 is 0 Å². The van der Waals surface area contributed by atoms with E-state index < -0.39 is 16.8 Å². The van der Waals surface area contributed by atoms with Gasteiger partial charge >= 0.3 is 5.97 Å². The van der Waals surface area contributed by atoms with Crippen LogP contribution in [0, 0.1) is 11.8 Å². The molecule has 2 aliphatic heterocycles. The van der Waals surface area contributed by atoms with Crippen molar-refractivity contribution in [3.05, 3.63) is 36.0 Å². The number of hydrogen-bond donors (Lipinski definition) is 2. The van der Waals surface area contributed by atoms with E-state index in [9.17, 15) is 15.0 Å². The molecule has 5 heteroatoms. The van der Waals surface area contributed by atoms with Gasteiger partial charge in [-0.2, -0.15) is 0 Å². The van der Waals surface area contributed by atoms with E-state index in [-0.39, 0.29) is 23.9 Å². The molecule has 144 valence electrons. The van der Waals surface area contributed by atoms with Crippen molar-refractivity contribution in [2.75, 3.05) is 6.61 Å². The smallest absolute Gasteiger partial charge is 0.334 e. The Labute approximate surface area is 155 Å². The van der Waals surface area contributed by atoms with Gasteiger partial charge in [0.05, 0.1) is 23.9 Å². The predicted octanol–water partition coefficient (Wildman–Crippen LogP) is 2.68. The molecule has 0 unspecified atom stereocenters. The fraction of sp³-hybridized carbons (Fsp3) is 0.667. The summed E-state index contributed by atoms with van der Waals surface area (Å²) in [5.41, 5.74) is -0.874. The zero-order valence-electron chi connectivity index (χ0n) is 16.1. The van der Waals surface area contributed by atoms with Crippen LogP contribution in [0.5, 0.6) is 0 Å². The van der Waals surface area contributed by atoms with E-state index in [1.54, 1.807) is 32.1 Å². The van der Waals surface area contributed by atoms with Gasteiger partial charge < -0.3 is 19.7 Å². The van der Waals surface area contributed by atoms with E-state index >= 15 is 0 Å². The van der Waals surface area contributed by atoms with Gasteiger partial charge in [0.15, 0.2) is 0 Å². The Bertz CT molecular complexity index is 666. The summed E-state index contributed by atoms with van der Waals surface area (Å²) in [5, 5.41) is 20.8. The van der Waals surface area contributed by atoms with Gasteiger partial charge in [-0.3, -0.25) is 0 Å². The Morgan fingerprint density at radius 1 is 1.31 bits per heavy atom. The van der Waals surface area contributed by atoms with E-state index in [1.807, 2.05) is 13.8 Å². The lowest BCUT2D eigenvalue weighted by Gasteiger charge is -2.35. The minimum atomic E-state index is -0.956. The van der Waals surface area contributed by atoms with Gasteiger partial charge in [0.2, 0.25) is 0 Å². The maximum absolute atomic E-state index is 12.4.